The van der Waals surface area contributed by atoms with E-state index in [4.69, 9.17) is 0 Å². The van der Waals surface area contributed by atoms with Crippen LogP contribution in [-0.4, -0.2) is 19.6 Å². The third-order valence-corrected chi connectivity index (χ3v) is 3.62. The standard InChI is InChI=1S/C12H20N2.C2H6/c1-3-10-11(4-2)14-9-12(10)5-7-13-8-6-12;1-2/h3-4,13-14H,5-9H2,1-2H3;1-2H3/b10-3+,11-4+;. The second-order valence-electron chi connectivity index (χ2n) is 4.29. The van der Waals surface area contributed by atoms with E-state index in [2.05, 4.69) is 36.6 Å². The van der Waals surface area contributed by atoms with E-state index in [-0.39, 0.29) is 0 Å². The fraction of sp³-hybridized carbons (Fsp3) is 0.714. The molecule has 0 aliphatic carbocycles. The summed E-state index contributed by atoms with van der Waals surface area (Å²) < 4.78 is 0. The lowest BCUT2D eigenvalue weighted by Gasteiger charge is -2.34. The van der Waals surface area contributed by atoms with E-state index >= 15 is 0 Å². The lowest BCUT2D eigenvalue weighted by Crippen LogP contribution is -2.38. The molecule has 2 heterocycles. The van der Waals surface area contributed by atoms with Gasteiger partial charge in [-0.1, -0.05) is 26.0 Å². The van der Waals surface area contributed by atoms with Crippen LogP contribution in [-0.2, 0) is 0 Å². The van der Waals surface area contributed by atoms with Gasteiger partial charge in [-0.05, 0) is 45.4 Å². The molecule has 2 fully saturated rings. The van der Waals surface area contributed by atoms with Crippen LogP contribution in [0.4, 0.5) is 0 Å². The Morgan fingerprint density at radius 1 is 1.06 bits per heavy atom. The molecule has 0 unspecified atom stereocenters. The Hall–Kier alpha value is -0.760. The molecule has 0 aromatic carbocycles. The number of rotatable bonds is 0. The molecular weight excluding hydrogens is 196 g/mol. The van der Waals surface area contributed by atoms with Crippen LogP contribution in [0.25, 0.3) is 0 Å². The molecule has 2 aliphatic heterocycles. The van der Waals surface area contributed by atoms with E-state index in [9.17, 15) is 0 Å². The summed E-state index contributed by atoms with van der Waals surface area (Å²) in [6, 6.07) is 0. The molecule has 0 amide bonds. The predicted octanol–water partition coefficient (Wildman–Crippen LogP) is 2.84. The van der Waals surface area contributed by atoms with Gasteiger partial charge in [-0.2, -0.15) is 0 Å². The number of allylic oxidation sites excluding steroid dienone is 3. The molecule has 2 aliphatic rings. The van der Waals surface area contributed by atoms with Gasteiger partial charge >= 0.3 is 0 Å². The summed E-state index contributed by atoms with van der Waals surface area (Å²) in [5, 5.41) is 6.97. The van der Waals surface area contributed by atoms with Gasteiger partial charge in [0.2, 0.25) is 0 Å². The first-order valence-corrected chi connectivity index (χ1v) is 6.60. The van der Waals surface area contributed by atoms with Crippen molar-refractivity contribution in [2.24, 2.45) is 5.41 Å². The molecule has 2 heteroatoms. The summed E-state index contributed by atoms with van der Waals surface area (Å²) in [7, 11) is 0. The summed E-state index contributed by atoms with van der Waals surface area (Å²) >= 11 is 0. The molecule has 2 saturated heterocycles. The maximum atomic E-state index is 3.53. The Morgan fingerprint density at radius 3 is 2.19 bits per heavy atom. The Labute approximate surface area is 100 Å². The number of hydrogen-bond acceptors (Lipinski definition) is 2. The van der Waals surface area contributed by atoms with Crippen LogP contribution in [0.15, 0.2) is 23.4 Å². The maximum Gasteiger partial charge on any atom is 0.0332 e. The van der Waals surface area contributed by atoms with Crippen molar-refractivity contribution >= 4 is 0 Å². The highest BCUT2D eigenvalue weighted by Gasteiger charge is 2.40. The minimum Gasteiger partial charge on any atom is -0.384 e. The highest BCUT2D eigenvalue weighted by molar-refractivity contribution is 5.40. The smallest absolute Gasteiger partial charge is 0.0332 e. The third kappa shape index (κ3) is 2.32. The van der Waals surface area contributed by atoms with E-state index in [0.29, 0.717) is 5.41 Å². The quantitative estimate of drug-likeness (QED) is 0.658. The van der Waals surface area contributed by atoms with Crippen LogP contribution in [0.2, 0.25) is 0 Å². The van der Waals surface area contributed by atoms with Crippen LogP contribution in [0, 0.1) is 5.41 Å². The van der Waals surface area contributed by atoms with Gasteiger partial charge in [0, 0.05) is 17.7 Å². The lowest BCUT2D eigenvalue weighted by molar-refractivity contribution is 0.278. The summed E-state index contributed by atoms with van der Waals surface area (Å²) in [5.74, 6) is 0. The van der Waals surface area contributed by atoms with E-state index in [1.165, 1.54) is 18.5 Å². The second-order valence-corrected chi connectivity index (χ2v) is 4.29. The van der Waals surface area contributed by atoms with Gasteiger partial charge in [0.05, 0.1) is 0 Å². The number of nitrogens with one attached hydrogen (secondary N) is 2. The molecule has 0 saturated carbocycles. The summed E-state index contributed by atoms with van der Waals surface area (Å²) in [5.41, 5.74) is 3.33. The molecule has 92 valence electrons. The van der Waals surface area contributed by atoms with Gasteiger partial charge in [-0.25, -0.2) is 0 Å². The van der Waals surface area contributed by atoms with Crippen molar-refractivity contribution in [1.29, 1.82) is 0 Å². The average Bonchev–Trinajstić information content (AvgIpc) is 2.70. The molecule has 0 atom stereocenters. The second kappa shape index (κ2) is 6.09. The Morgan fingerprint density at radius 2 is 1.69 bits per heavy atom. The number of piperidine rings is 1. The largest absolute Gasteiger partial charge is 0.384 e. The summed E-state index contributed by atoms with van der Waals surface area (Å²) in [4.78, 5) is 0. The minimum atomic E-state index is 0.432. The van der Waals surface area contributed by atoms with Crippen LogP contribution < -0.4 is 10.6 Å². The molecule has 0 aromatic heterocycles. The number of hydrogen-bond donors (Lipinski definition) is 2. The highest BCUT2D eigenvalue weighted by atomic mass is 15.0. The molecule has 0 radical (unpaired) electrons. The predicted molar refractivity (Wildman–Crippen MR) is 71.4 cm³/mol. The third-order valence-electron chi connectivity index (χ3n) is 3.62. The first kappa shape index (κ1) is 13.3. The highest BCUT2D eigenvalue weighted by Crippen LogP contribution is 2.43. The fourth-order valence-corrected chi connectivity index (χ4v) is 2.81. The van der Waals surface area contributed by atoms with Crippen molar-refractivity contribution in [3.8, 4) is 0 Å². The first-order valence-electron chi connectivity index (χ1n) is 6.60. The fourth-order valence-electron chi connectivity index (χ4n) is 2.81. The topological polar surface area (TPSA) is 24.1 Å². The zero-order chi connectivity index (χ0) is 12.0. The van der Waals surface area contributed by atoms with E-state index in [1.54, 1.807) is 5.57 Å². The van der Waals surface area contributed by atoms with Crippen LogP contribution in [0.1, 0.15) is 40.5 Å². The van der Waals surface area contributed by atoms with Gasteiger partial charge in [-0.3, -0.25) is 0 Å². The lowest BCUT2D eigenvalue weighted by atomic mass is 9.74. The van der Waals surface area contributed by atoms with Crippen LogP contribution in [0.5, 0.6) is 0 Å². The average molecular weight is 222 g/mol. The zero-order valence-electron chi connectivity index (χ0n) is 11.2. The Balaban J connectivity index is 0.000000606. The van der Waals surface area contributed by atoms with E-state index in [1.807, 2.05) is 13.8 Å². The SMILES string of the molecule is C/C=C1\C(=C/C)NCC12CCNCC2.CC. The van der Waals surface area contributed by atoms with E-state index in [0.717, 1.165) is 19.6 Å². The molecular formula is C14H26N2. The molecule has 2 rings (SSSR count). The zero-order valence-corrected chi connectivity index (χ0v) is 11.2. The van der Waals surface area contributed by atoms with Crippen molar-refractivity contribution in [3.05, 3.63) is 23.4 Å². The van der Waals surface area contributed by atoms with Gasteiger partial charge in [0.1, 0.15) is 0 Å². The minimum absolute atomic E-state index is 0.432. The molecule has 16 heavy (non-hydrogen) atoms. The van der Waals surface area contributed by atoms with Crippen LogP contribution in [0.3, 0.4) is 0 Å². The van der Waals surface area contributed by atoms with Gasteiger partial charge in [-0.15, -0.1) is 0 Å². The van der Waals surface area contributed by atoms with Gasteiger partial charge in [0.15, 0.2) is 0 Å². The van der Waals surface area contributed by atoms with Crippen LogP contribution >= 0.6 is 0 Å². The summed E-state index contributed by atoms with van der Waals surface area (Å²) in [6.45, 7) is 11.7. The molecule has 2 N–H and O–H groups in total. The van der Waals surface area contributed by atoms with Crippen molar-refractivity contribution in [3.63, 3.8) is 0 Å². The van der Waals surface area contributed by atoms with Crippen molar-refractivity contribution < 1.29 is 0 Å². The van der Waals surface area contributed by atoms with Gasteiger partial charge < -0.3 is 10.6 Å². The maximum absolute atomic E-state index is 3.53. The monoisotopic (exact) mass is 222 g/mol. The molecule has 1 spiro atoms. The molecule has 2 nitrogen and oxygen atoms in total. The van der Waals surface area contributed by atoms with Crippen molar-refractivity contribution in [1.82, 2.24) is 10.6 Å². The van der Waals surface area contributed by atoms with Gasteiger partial charge in [0.25, 0.3) is 0 Å². The normalized spacial score (nSPS) is 27.8. The Kier molecular flexibility index (Phi) is 5.07. The van der Waals surface area contributed by atoms with Crippen molar-refractivity contribution in [2.45, 2.75) is 40.5 Å². The molecule has 0 aromatic rings. The van der Waals surface area contributed by atoms with Crippen molar-refractivity contribution in [2.75, 3.05) is 19.6 Å². The first-order chi connectivity index (χ1) is 7.82. The van der Waals surface area contributed by atoms with E-state index < -0.39 is 0 Å². The molecule has 0 bridgehead atoms. The summed E-state index contributed by atoms with van der Waals surface area (Å²) in [6.07, 6.45) is 7.04. The Bertz CT molecular complexity index is 270.